The van der Waals surface area contributed by atoms with Gasteiger partial charge in [0.05, 0.1) is 0 Å². The summed E-state index contributed by atoms with van der Waals surface area (Å²) >= 11 is 0. The lowest BCUT2D eigenvalue weighted by Crippen LogP contribution is -2.45. The van der Waals surface area contributed by atoms with Crippen LogP contribution in [0.5, 0.6) is 0 Å². The van der Waals surface area contributed by atoms with Crippen LogP contribution in [0.1, 0.15) is 31.7 Å². The first-order chi connectivity index (χ1) is 12.0. The average molecular weight is 337 g/mol. The van der Waals surface area contributed by atoms with E-state index in [-0.39, 0.29) is 11.8 Å². The van der Waals surface area contributed by atoms with Crippen LogP contribution in [0.2, 0.25) is 0 Å². The van der Waals surface area contributed by atoms with Gasteiger partial charge in [-0.1, -0.05) is 36.4 Å². The van der Waals surface area contributed by atoms with Crippen LogP contribution in [-0.4, -0.2) is 18.4 Å². The highest BCUT2D eigenvalue weighted by molar-refractivity contribution is 5.99. The van der Waals surface area contributed by atoms with Gasteiger partial charge in [0.2, 0.25) is 11.8 Å². The van der Waals surface area contributed by atoms with Crippen molar-refractivity contribution in [1.29, 1.82) is 0 Å². The molecular weight excluding hydrogens is 314 g/mol. The lowest BCUT2D eigenvalue weighted by Gasteiger charge is -2.28. The van der Waals surface area contributed by atoms with Gasteiger partial charge in [-0.3, -0.25) is 9.59 Å². The number of piperidine rings is 1. The van der Waals surface area contributed by atoms with E-state index in [2.05, 4.69) is 5.32 Å². The van der Waals surface area contributed by atoms with Crippen molar-refractivity contribution < 1.29 is 9.59 Å². The highest BCUT2D eigenvalue weighted by atomic mass is 16.2. The Morgan fingerprint density at radius 2 is 1.88 bits per heavy atom. The number of hydrogen-bond donors (Lipinski definition) is 2. The molecule has 0 aliphatic carbocycles. The number of benzene rings is 2. The number of anilines is 2. The molecule has 2 aromatic carbocycles. The van der Waals surface area contributed by atoms with Crippen molar-refractivity contribution in [2.45, 2.75) is 31.7 Å². The molecule has 1 atom stereocenters. The van der Waals surface area contributed by atoms with Crippen LogP contribution >= 0.6 is 0 Å². The van der Waals surface area contributed by atoms with E-state index in [9.17, 15) is 9.59 Å². The largest absolute Gasteiger partial charge is 0.324 e. The Balaban J connectivity index is 1.78. The molecule has 0 radical (unpaired) electrons. The number of nitrogens with two attached hydrogens (primary N) is 1. The number of carbonyl (C=O) groups excluding carboxylic acids is 2. The van der Waals surface area contributed by atoms with Crippen LogP contribution in [0, 0.1) is 0 Å². The molecule has 3 rings (SSSR count). The fourth-order valence-corrected chi connectivity index (χ4v) is 3.01. The summed E-state index contributed by atoms with van der Waals surface area (Å²) < 4.78 is 0. The number of hydrogen-bond acceptors (Lipinski definition) is 3. The van der Waals surface area contributed by atoms with Gasteiger partial charge < -0.3 is 16.0 Å². The molecule has 1 fully saturated rings. The standard InChI is InChI=1S/C20H23N3O2/c1-20(21,15-8-3-2-4-9-15)19(25)22-16-10-7-11-17(14-16)23-13-6-5-12-18(23)24/h2-4,7-11,14H,5-6,12-13,21H2,1H3,(H,22,25). The van der Waals surface area contributed by atoms with E-state index in [0.717, 1.165) is 30.6 Å². The van der Waals surface area contributed by atoms with E-state index in [1.54, 1.807) is 17.9 Å². The Kier molecular flexibility index (Phi) is 4.86. The normalized spacial score (nSPS) is 17.0. The van der Waals surface area contributed by atoms with Gasteiger partial charge in [-0.25, -0.2) is 0 Å². The Hall–Kier alpha value is -2.66. The zero-order valence-corrected chi connectivity index (χ0v) is 14.4. The number of nitrogens with zero attached hydrogens (tertiary/aromatic N) is 1. The van der Waals surface area contributed by atoms with Crippen LogP contribution in [0.15, 0.2) is 54.6 Å². The van der Waals surface area contributed by atoms with Gasteiger partial charge in [0, 0.05) is 24.3 Å². The van der Waals surface area contributed by atoms with Crippen LogP contribution < -0.4 is 16.0 Å². The van der Waals surface area contributed by atoms with E-state index in [4.69, 9.17) is 5.73 Å². The number of amides is 2. The summed E-state index contributed by atoms with van der Waals surface area (Å²) in [5.74, 6) is -0.163. The van der Waals surface area contributed by atoms with Crippen LogP contribution in [0.4, 0.5) is 11.4 Å². The molecule has 1 aliphatic rings. The first-order valence-corrected chi connectivity index (χ1v) is 8.55. The van der Waals surface area contributed by atoms with Gasteiger partial charge >= 0.3 is 0 Å². The smallest absolute Gasteiger partial charge is 0.248 e. The Morgan fingerprint density at radius 3 is 2.60 bits per heavy atom. The highest BCUT2D eigenvalue weighted by Gasteiger charge is 2.30. The van der Waals surface area contributed by atoms with Crippen molar-refractivity contribution in [1.82, 2.24) is 0 Å². The summed E-state index contributed by atoms with van der Waals surface area (Å²) in [5.41, 5.74) is 7.30. The fraction of sp³-hybridized carbons (Fsp3) is 0.300. The number of nitrogens with one attached hydrogen (secondary N) is 1. The van der Waals surface area contributed by atoms with E-state index >= 15 is 0 Å². The third kappa shape index (κ3) is 3.72. The Bertz CT molecular complexity index is 772. The zero-order valence-electron chi connectivity index (χ0n) is 14.4. The second-order valence-electron chi connectivity index (χ2n) is 6.58. The monoisotopic (exact) mass is 337 g/mol. The third-order valence-electron chi connectivity index (χ3n) is 4.58. The maximum absolute atomic E-state index is 12.7. The molecule has 0 spiro atoms. The molecule has 1 aliphatic heterocycles. The summed E-state index contributed by atoms with van der Waals surface area (Å²) in [6.45, 7) is 2.41. The second-order valence-corrected chi connectivity index (χ2v) is 6.58. The maximum atomic E-state index is 12.7. The molecule has 1 heterocycles. The van der Waals surface area contributed by atoms with E-state index in [1.165, 1.54) is 0 Å². The zero-order chi connectivity index (χ0) is 17.9. The van der Waals surface area contributed by atoms with Gasteiger partial charge in [0.1, 0.15) is 5.54 Å². The van der Waals surface area contributed by atoms with Crippen LogP contribution in [-0.2, 0) is 15.1 Å². The summed E-state index contributed by atoms with van der Waals surface area (Å²) in [7, 11) is 0. The van der Waals surface area contributed by atoms with Crippen molar-refractivity contribution in [3.05, 3.63) is 60.2 Å². The first-order valence-electron chi connectivity index (χ1n) is 8.55. The molecule has 3 N–H and O–H groups in total. The second kappa shape index (κ2) is 7.07. The van der Waals surface area contributed by atoms with Gasteiger partial charge in [-0.15, -0.1) is 0 Å². The van der Waals surface area contributed by atoms with Crippen molar-refractivity contribution in [3.63, 3.8) is 0 Å². The minimum atomic E-state index is -1.14. The van der Waals surface area contributed by atoms with E-state index in [1.807, 2.05) is 48.5 Å². The topological polar surface area (TPSA) is 75.4 Å². The minimum Gasteiger partial charge on any atom is -0.324 e. The van der Waals surface area contributed by atoms with E-state index < -0.39 is 5.54 Å². The minimum absolute atomic E-state index is 0.127. The first kappa shape index (κ1) is 17.2. The predicted molar refractivity (Wildman–Crippen MR) is 99.3 cm³/mol. The molecule has 0 bridgehead atoms. The number of carbonyl (C=O) groups is 2. The molecule has 5 nitrogen and oxygen atoms in total. The molecular formula is C20H23N3O2. The molecule has 2 aromatic rings. The van der Waals surface area contributed by atoms with E-state index in [0.29, 0.717) is 12.1 Å². The van der Waals surface area contributed by atoms with Gasteiger partial charge in [-0.05, 0) is 43.5 Å². The third-order valence-corrected chi connectivity index (χ3v) is 4.58. The fourth-order valence-electron chi connectivity index (χ4n) is 3.01. The molecule has 0 saturated carbocycles. The summed E-state index contributed by atoms with van der Waals surface area (Å²) in [6, 6.07) is 16.6. The van der Waals surface area contributed by atoms with Crippen LogP contribution in [0.3, 0.4) is 0 Å². The summed E-state index contributed by atoms with van der Waals surface area (Å²) in [5, 5.41) is 2.87. The molecule has 25 heavy (non-hydrogen) atoms. The summed E-state index contributed by atoms with van der Waals surface area (Å²) in [4.78, 5) is 26.5. The number of rotatable bonds is 4. The molecule has 0 aromatic heterocycles. The molecule has 1 saturated heterocycles. The SMILES string of the molecule is CC(N)(C(=O)Nc1cccc(N2CCCCC2=O)c1)c1ccccc1. The molecule has 1 unspecified atom stereocenters. The molecule has 2 amide bonds. The van der Waals surface area contributed by atoms with Crippen molar-refractivity contribution in [2.24, 2.45) is 5.73 Å². The van der Waals surface area contributed by atoms with Crippen molar-refractivity contribution >= 4 is 23.2 Å². The molecule has 130 valence electrons. The van der Waals surface area contributed by atoms with Crippen molar-refractivity contribution in [2.75, 3.05) is 16.8 Å². The quantitative estimate of drug-likeness (QED) is 0.900. The van der Waals surface area contributed by atoms with Gasteiger partial charge in [-0.2, -0.15) is 0 Å². The predicted octanol–water partition coefficient (Wildman–Crippen LogP) is 3.02. The lowest BCUT2D eigenvalue weighted by molar-refractivity contribution is -0.121. The lowest BCUT2D eigenvalue weighted by atomic mass is 9.92. The molecule has 5 heteroatoms. The van der Waals surface area contributed by atoms with Crippen LogP contribution in [0.25, 0.3) is 0 Å². The van der Waals surface area contributed by atoms with Crippen molar-refractivity contribution in [3.8, 4) is 0 Å². The average Bonchev–Trinajstić information content (AvgIpc) is 2.63. The maximum Gasteiger partial charge on any atom is 0.248 e. The summed E-state index contributed by atoms with van der Waals surface area (Å²) in [6.07, 6.45) is 2.51. The van der Waals surface area contributed by atoms with Gasteiger partial charge in [0.25, 0.3) is 0 Å². The highest BCUT2D eigenvalue weighted by Crippen LogP contribution is 2.25. The Morgan fingerprint density at radius 1 is 1.12 bits per heavy atom. The van der Waals surface area contributed by atoms with Gasteiger partial charge in [0.15, 0.2) is 0 Å². The Labute approximate surface area is 147 Å².